The van der Waals surface area contributed by atoms with Crippen molar-refractivity contribution in [2.45, 2.75) is 20.8 Å². The number of benzene rings is 3. The average Bonchev–Trinajstić information content (AvgIpc) is 3.07. The Labute approximate surface area is 192 Å². The van der Waals surface area contributed by atoms with Crippen molar-refractivity contribution in [1.29, 1.82) is 0 Å². The fourth-order valence-corrected chi connectivity index (χ4v) is 3.98. The molecule has 1 amide bonds. The minimum Gasteiger partial charge on any atom is -0.376 e. The van der Waals surface area contributed by atoms with Gasteiger partial charge in [0.05, 0.1) is 12.8 Å². The Bertz CT molecular complexity index is 1320. The third-order valence-electron chi connectivity index (χ3n) is 5.51. The van der Waals surface area contributed by atoms with E-state index >= 15 is 0 Å². The van der Waals surface area contributed by atoms with Crippen LogP contribution in [0.1, 0.15) is 22.5 Å². The number of anilines is 1. The maximum absolute atomic E-state index is 12.3. The molecule has 0 saturated carbocycles. The lowest BCUT2D eigenvalue weighted by molar-refractivity contribution is -0.119. The number of halogens is 1. The predicted molar refractivity (Wildman–Crippen MR) is 133 cm³/mol. The Balaban J connectivity index is 1.41. The average molecular weight is 445 g/mol. The zero-order chi connectivity index (χ0) is 22.7. The van der Waals surface area contributed by atoms with E-state index in [0.717, 1.165) is 49.7 Å². The normalized spacial score (nSPS) is 11.2. The molecular weight excluding hydrogens is 420 g/mol. The van der Waals surface area contributed by atoms with Gasteiger partial charge in [-0.25, -0.2) is 5.43 Å². The van der Waals surface area contributed by atoms with E-state index in [1.807, 2.05) is 87.5 Å². The Morgan fingerprint density at radius 3 is 2.62 bits per heavy atom. The lowest BCUT2D eigenvalue weighted by Crippen LogP contribution is -2.25. The second-order valence-electron chi connectivity index (χ2n) is 7.77. The number of amides is 1. The molecule has 5 nitrogen and oxygen atoms in total. The van der Waals surface area contributed by atoms with Gasteiger partial charge >= 0.3 is 0 Å². The summed E-state index contributed by atoms with van der Waals surface area (Å²) in [5.74, 6) is -0.215. The SMILES string of the molecule is Cc1ccc(-n2c(C)cc(/C=N\NC(=O)CNc3cccc4ccccc34)c2C)cc1Cl. The highest BCUT2D eigenvalue weighted by molar-refractivity contribution is 6.31. The van der Waals surface area contributed by atoms with Crippen molar-refractivity contribution in [3.05, 3.63) is 94.3 Å². The molecule has 0 atom stereocenters. The van der Waals surface area contributed by atoms with Gasteiger partial charge in [-0.05, 0) is 56.0 Å². The molecule has 0 fully saturated rings. The van der Waals surface area contributed by atoms with Crippen LogP contribution in [-0.4, -0.2) is 23.2 Å². The van der Waals surface area contributed by atoms with Crippen LogP contribution in [0.25, 0.3) is 16.5 Å². The molecule has 4 aromatic rings. The van der Waals surface area contributed by atoms with Crippen molar-refractivity contribution in [2.24, 2.45) is 5.10 Å². The van der Waals surface area contributed by atoms with E-state index in [2.05, 4.69) is 20.4 Å². The fourth-order valence-electron chi connectivity index (χ4n) is 3.80. The van der Waals surface area contributed by atoms with Gasteiger partial charge in [-0.2, -0.15) is 5.10 Å². The van der Waals surface area contributed by atoms with Crippen molar-refractivity contribution < 1.29 is 4.79 Å². The number of hydrogen-bond acceptors (Lipinski definition) is 3. The molecule has 162 valence electrons. The molecule has 6 heteroatoms. The predicted octanol–water partition coefficient (Wildman–Crippen LogP) is 5.77. The Morgan fingerprint density at radius 1 is 1.03 bits per heavy atom. The minimum absolute atomic E-state index is 0.131. The van der Waals surface area contributed by atoms with Gasteiger partial charge in [0.2, 0.25) is 0 Å². The van der Waals surface area contributed by atoms with Crippen molar-refractivity contribution in [3.63, 3.8) is 0 Å². The van der Waals surface area contributed by atoms with Crippen molar-refractivity contribution in [3.8, 4) is 5.69 Å². The van der Waals surface area contributed by atoms with Crippen molar-refractivity contribution >= 4 is 40.2 Å². The molecular formula is C26H25ClN4O. The highest BCUT2D eigenvalue weighted by Crippen LogP contribution is 2.25. The van der Waals surface area contributed by atoms with Crippen LogP contribution in [0.3, 0.4) is 0 Å². The second kappa shape index (κ2) is 9.28. The van der Waals surface area contributed by atoms with E-state index in [4.69, 9.17) is 11.6 Å². The highest BCUT2D eigenvalue weighted by Gasteiger charge is 2.11. The van der Waals surface area contributed by atoms with E-state index in [9.17, 15) is 4.79 Å². The number of carbonyl (C=O) groups excluding carboxylic acids is 1. The number of carbonyl (C=O) groups is 1. The summed E-state index contributed by atoms with van der Waals surface area (Å²) in [5.41, 5.74) is 8.58. The van der Waals surface area contributed by atoms with Gasteiger partial charge in [-0.3, -0.25) is 4.79 Å². The Morgan fingerprint density at radius 2 is 1.81 bits per heavy atom. The van der Waals surface area contributed by atoms with Crippen molar-refractivity contribution in [2.75, 3.05) is 11.9 Å². The van der Waals surface area contributed by atoms with Crippen LogP contribution >= 0.6 is 11.6 Å². The van der Waals surface area contributed by atoms with Crippen LogP contribution in [0.5, 0.6) is 0 Å². The van der Waals surface area contributed by atoms with Gasteiger partial charge in [-0.1, -0.05) is 54.1 Å². The summed E-state index contributed by atoms with van der Waals surface area (Å²) >= 11 is 6.31. The zero-order valence-electron chi connectivity index (χ0n) is 18.3. The number of hydrogen-bond donors (Lipinski definition) is 2. The molecule has 2 N–H and O–H groups in total. The Hall–Kier alpha value is -3.57. The molecule has 0 aliphatic carbocycles. The fraction of sp³-hybridized carbons (Fsp3) is 0.154. The first-order chi connectivity index (χ1) is 15.4. The molecule has 3 aromatic carbocycles. The molecule has 0 bridgehead atoms. The lowest BCUT2D eigenvalue weighted by atomic mass is 10.1. The van der Waals surface area contributed by atoms with Crippen molar-refractivity contribution in [1.82, 2.24) is 9.99 Å². The zero-order valence-corrected chi connectivity index (χ0v) is 19.1. The van der Waals surface area contributed by atoms with Gasteiger partial charge in [0.25, 0.3) is 5.91 Å². The number of aromatic nitrogens is 1. The van der Waals surface area contributed by atoms with Gasteiger partial charge in [0.1, 0.15) is 0 Å². The molecule has 0 saturated heterocycles. The largest absolute Gasteiger partial charge is 0.376 e. The number of nitrogens with zero attached hydrogens (tertiary/aromatic N) is 2. The highest BCUT2D eigenvalue weighted by atomic mass is 35.5. The number of hydrazone groups is 1. The molecule has 0 aliphatic heterocycles. The van der Waals surface area contributed by atoms with Crippen LogP contribution < -0.4 is 10.7 Å². The van der Waals surface area contributed by atoms with E-state index in [0.29, 0.717) is 0 Å². The van der Waals surface area contributed by atoms with Crippen LogP contribution in [0.2, 0.25) is 5.02 Å². The summed E-state index contributed by atoms with van der Waals surface area (Å²) < 4.78 is 2.12. The van der Waals surface area contributed by atoms with Gasteiger partial charge < -0.3 is 9.88 Å². The van der Waals surface area contributed by atoms with Crippen LogP contribution in [0, 0.1) is 20.8 Å². The number of aryl methyl sites for hydroxylation is 2. The van der Waals surface area contributed by atoms with Gasteiger partial charge in [-0.15, -0.1) is 0 Å². The Kier molecular flexibility index (Phi) is 6.28. The monoisotopic (exact) mass is 444 g/mol. The maximum atomic E-state index is 12.3. The molecule has 1 heterocycles. The summed E-state index contributed by atoms with van der Waals surface area (Å²) in [7, 11) is 0. The first kappa shape index (κ1) is 21.7. The summed E-state index contributed by atoms with van der Waals surface area (Å²) in [6, 6.07) is 22.1. The number of fused-ring (bicyclic) bond motifs is 1. The standard InChI is InChI=1S/C26H25ClN4O/c1-17-11-12-22(14-24(17)27)31-18(2)13-21(19(31)3)15-29-30-26(32)16-28-25-10-6-8-20-7-4-5-9-23(20)25/h4-15,28H,16H2,1-3H3,(H,30,32)/b29-15-. The first-order valence-electron chi connectivity index (χ1n) is 10.4. The summed E-state index contributed by atoms with van der Waals surface area (Å²) in [5, 5.41) is 10.3. The quantitative estimate of drug-likeness (QED) is 0.293. The maximum Gasteiger partial charge on any atom is 0.259 e. The van der Waals surface area contributed by atoms with E-state index < -0.39 is 0 Å². The van der Waals surface area contributed by atoms with Crippen LogP contribution in [-0.2, 0) is 4.79 Å². The number of rotatable bonds is 6. The smallest absolute Gasteiger partial charge is 0.259 e. The van der Waals surface area contributed by atoms with Gasteiger partial charge in [0.15, 0.2) is 0 Å². The molecule has 0 aliphatic rings. The van der Waals surface area contributed by atoms with Crippen LogP contribution in [0.15, 0.2) is 71.8 Å². The third-order valence-corrected chi connectivity index (χ3v) is 5.91. The molecule has 32 heavy (non-hydrogen) atoms. The summed E-state index contributed by atoms with van der Waals surface area (Å²) in [4.78, 5) is 12.3. The molecule has 4 rings (SSSR count). The molecule has 0 unspecified atom stereocenters. The third kappa shape index (κ3) is 4.53. The molecule has 0 radical (unpaired) electrons. The second-order valence-corrected chi connectivity index (χ2v) is 8.18. The summed E-state index contributed by atoms with van der Waals surface area (Å²) in [6.45, 7) is 6.17. The first-order valence-corrected chi connectivity index (χ1v) is 10.8. The van der Waals surface area contributed by atoms with E-state index in [1.165, 1.54) is 0 Å². The van der Waals surface area contributed by atoms with E-state index in [-0.39, 0.29) is 12.5 Å². The summed E-state index contributed by atoms with van der Waals surface area (Å²) in [6.07, 6.45) is 1.67. The minimum atomic E-state index is -0.215. The van der Waals surface area contributed by atoms with E-state index in [1.54, 1.807) is 6.21 Å². The molecule has 0 spiro atoms. The molecule has 1 aromatic heterocycles. The van der Waals surface area contributed by atoms with Gasteiger partial charge in [0, 0.05) is 38.7 Å². The lowest BCUT2D eigenvalue weighted by Gasteiger charge is -2.11. The number of nitrogens with one attached hydrogen (secondary N) is 2. The van der Waals surface area contributed by atoms with Crippen LogP contribution in [0.4, 0.5) is 5.69 Å². The topological polar surface area (TPSA) is 58.4 Å².